The van der Waals surface area contributed by atoms with Crippen LogP contribution < -0.4 is 0 Å². The summed E-state index contributed by atoms with van der Waals surface area (Å²) in [5, 5.41) is 19.4. The molecule has 1 amide bonds. The van der Waals surface area contributed by atoms with Gasteiger partial charge in [-0.05, 0) is 23.8 Å². The summed E-state index contributed by atoms with van der Waals surface area (Å²) in [4.78, 5) is 18.2. The highest BCUT2D eigenvalue weighted by molar-refractivity contribution is 6.30. The van der Waals surface area contributed by atoms with E-state index in [0.29, 0.717) is 10.6 Å². The van der Waals surface area contributed by atoms with Crippen LogP contribution in [0.25, 0.3) is 11.1 Å². The van der Waals surface area contributed by atoms with E-state index >= 15 is 0 Å². The summed E-state index contributed by atoms with van der Waals surface area (Å²) in [5.74, 6) is -0.216. The van der Waals surface area contributed by atoms with Gasteiger partial charge in [0.15, 0.2) is 0 Å². The Morgan fingerprint density at radius 1 is 1.17 bits per heavy atom. The van der Waals surface area contributed by atoms with Crippen molar-refractivity contribution in [1.29, 1.82) is 0 Å². The van der Waals surface area contributed by atoms with E-state index in [9.17, 15) is 15.0 Å². The van der Waals surface area contributed by atoms with Crippen LogP contribution in [0.15, 0.2) is 42.7 Å². The second kappa shape index (κ2) is 7.75. The molecule has 1 heterocycles. The maximum absolute atomic E-state index is 12.6. The van der Waals surface area contributed by atoms with Gasteiger partial charge in [0.2, 0.25) is 0 Å². The fourth-order valence-electron chi connectivity index (χ4n) is 2.37. The number of nitrogens with zero attached hydrogens (tertiary/aromatic N) is 2. The molecule has 0 aliphatic rings. The van der Waals surface area contributed by atoms with Crippen LogP contribution in [-0.2, 0) is 0 Å². The first-order chi connectivity index (χ1) is 11.4. The van der Waals surface area contributed by atoms with E-state index in [2.05, 4.69) is 4.98 Å². The molecule has 1 aromatic heterocycles. The second-order valence-corrected chi connectivity index (χ2v) is 6.69. The maximum atomic E-state index is 12.6. The highest BCUT2D eigenvalue weighted by Gasteiger charge is 2.27. The van der Waals surface area contributed by atoms with Crippen molar-refractivity contribution in [3.8, 4) is 11.1 Å². The molecule has 6 heteroatoms. The number of aromatic nitrogens is 1. The van der Waals surface area contributed by atoms with E-state index in [4.69, 9.17) is 11.6 Å². The van der Waals surface area contributed by atoms with Crippen molar-refractivity contribution in [3.63, 3.8) is 0 Å². The largest absolute Gasteiger partial charge is 0.396 e. The molecule has 5 nitrogen and oxygen atoms in total. The van der Waals surface area contributed by atoms with Crippen molar-refractivity contribution < 1.29 is 15.0 Å². The number of carbonyl (C=O) groups excluding carboxylic acids is 1. The third-order valence-electron chi connectivity index (χ3n) is 3.89. The summed E-state index contributed by atoms with van der Waals surface area (Å²) < 4.78 is 0. The lowest BCUT2D eigenvalue weighted by Crippen LogP contribution is -2.41. The summed E-state index contributed by atoms with van der Waals surface area (Å²) in [5.41, 5.74) is 1.44. The predicted octanol–water partition coefficient (Wildman–Crippen LogP) is 2.46. The van der Waals surface area contributed by atoms with E-state index in [1.807, 2.05) is 12.1 Å². The van der Waals surface area contributed by atoms with E-state index in [1.165, 1.54) is 11.1 Å². The number of benzene rings is 1. The quantitative estimate of drug-likeness (QED) is 0.841. The number of aliphatic hydroxyl groups is 2. The molecule has 0 unspecified atom stereocenters. The molecule has 128 valence electrons. The van der Waals surface area contributed by atoms with Gasteiger partial charge in [0.25, 0.3) is 5.91 Å². The highest BCUT2D eigenvalue weighted by Crippen LogP contribution is 2.23. The minimum Gasteiger partial charge on any atom is -0.396 e. The topological polar surface area (TPSA) is 73.7 Å². The molecule has 1 aromatic carbocycles. The molecule has 0 aliphatic heterocycles. The lowest BCUT2D eigenvalue weighted by Gasteiger charge is -2.30. The second-order valence-electron chi connectivity index (χ2n) is 6.26. The van der Waals surface area contributed by atoms with Crippen molar-refractivity contribution in [1.82, 2.24) is 9.88 Å². The number of hydrogen-bond acceptors (Lipinski definition) is 4. The third kappa shape index (κ3) is 4.32. The molecule has 2 aromatic rings. The SMILES string of the molecule is CN(CC(C)(CO)CO)C(=O)c1cncc(-c2ccc(Cl)cc2)c1. The molecule has 0 atom stereocenters. The zero-order valence-electron chi connectivity index (χ0n) is 13.7. The molecule has 0 saturated heterocycles. The number of hydrogen-bond donors (Lipinski definition) is 2. The Hall–Kier alpha value is -1.95. The van der Waals surface area contributed by atoms with E-state index in [0.717, 1.165) is 11.1 Å². The Bertz CT molecular complexity index is 700. The van der Waals surface area contributed by atoms with Crippen LogP contribution in [0.1, 0.15) is 17.3 Å². The Balaban J connectivity index is 2.21. The Kier molecular flexibility index (Phi) is 5.94. The molecule has 24 heavy (non-hydrogen) atoms. The average molecular weight is 349 g/mol. The van der Waals surface area contributed by atoms with Crippen molar-refractivity contribution in [2.75, 3.05) is 26.8 Å². The van der Waals surface area contributed by atoms with Crippen LogP contribution in [-0.4, -0.2) is 52.8 Å². The van der Waals surface area contributed by atoms with Gasteiger partial charge in [-0.15, -0.1) is 0 Å². The van der Waals surface area contributed by atoms with Gasteiger partial charge >= 0.3 is 0 Å². The minimum absolute atomic E-state index is 0.204. The Morgan fingerprint density at radius 2 is 1.79 bits per heavy atom. The first-order valence-electron chi connectivity index (χ1n) is 7.57. The Morgan fingerprint density at radius 3 is 2.38 bits per heavy atom. The van der Waals surface area contributed by atoms with Gasteiger partial charge in [0.05, 0.1) is 18.8 Å². The number of halogens is 1. The van der Waals surface area contributed by atoms with Crippen LogP contribution in [0, 0.1) is 5.41 Å². The van der Waals surface area contributed by atoms with Crippen molar-refractivity contribution in [2.24, 2.45) is 5.41 Å². The monoisotopic (exact) mass is 348 g/mol. The van der Waals surface area contributed by atoms with Crippen molar-refractivity contribution >= 4 is 17.5 Å². The molecular weight excluding hydrogens is 328 g/mol. The molecule has 0 spiro atoms. The summed E-state index contributed by atoms with van der Waals surface area (Å²) in [6, 6.07) is 9.07. The number of carbonyl (C=O) groups is 1. The third-order valence-corrected chi connectivity index (χ3v) is 4.14. The molecule has 0 bridgehead atoms. The maximum Gasteiger partial charge on any atom is 0.255 e. The number of rotatable bonds is 6. The lowest BCUT2D eigenvalue weighted by atomic mass is 9.92. The van der Waals surface area contributed by atoms with Gasteiger partial charge < -0.3 is 15.1 Å². The molecule has 0 aliphatic carbocycles. The summed E-state index contributed by atoms with van der Waals surface area (Å²) in [7, 11) is 1.64. The van der Waals surface area contributed by atoms with Crippen molar-refractivity contribution in [3.05, 3.63) is 53.3 Å². The molecule has 0 saturated carbocycles. The van der Waals surface area contributed by atoms with Crippen LogP contribution in [0.2, 0.25) is 5.02 Å². The van der Waals surface area contributed by atoms with Crippen molar-refractivity contribution in [2.45, 2.75) is 6.92 Å². The summed E-state index contributed by atoms with van der Waals surface area (Å²) in [6.45, 7) is 1.55. The van der Waals surface area contributed by atoms with Crippen LogP contribution in [0.5, 0.6) is 0 Å². The molecule has 0 fully saturated rings. The summed E-state index contributed by atoms with van der Waals surface area (Å²) >= 11 is 5.89. The molecule has 2 N–H and O–H groups in total. The Labute approximate surface area is 146 Å². The fraction of sp³-hybridized carbons (Fsp3) is 0.333. The van der Waals surface area contributed by atoms with Gasteiger partial charge in [0, 0.05) is 42.0 Å². The van der Waals surface area contributed by atoms with E-state index in [1.54, 1.807) is 38.4 Å². The van der Waals surface area contributed by atoms with Gasteiger partial charge in [-0.25, -0.2) is 0 Å². The number of pyridine rings is 1. The number of aliphatic hydroxyl groups excluding tert-OH is 2. The van der Waals surface area contributed by atoms with Crippen LogP contribution in [0.4, 0.5) is 0 Å². The fourth-order valence-corrected chi connectivity index (χ4v) is 2.50. The van der Waals surface area contributed by atoms with Gasteiger partial charge in [-0.1, -0.05) is 30.7 Å². The lowest BCUT2D eigenvalue weighted by molar-refractivity contribution is 0.0366. The predicted molar refractivity (Wildman–Crippen MR) is 93.9 cm³/mol. The highest BCUT2D eigenvalue weighted by atomic mass is 35.5. The normalized spacial score (nSPS) is 11.4. The standard InChI is InChI=1S/C18H21ClN2O3/c1-18(11-22,12-23)10-21(2)17(24)15-7-14(8-20-9-15)13-3-5-16(19)6-4-13/h3-9,22-23H,10-12H2,1-2H3. The van der Waals surface area contributed by atoms with Crippen LogP contribution >= 0.6 is 11.6 Å². The zero-order valence-corrected chi connectivity index (χ0v) is 14.5. The van der Waals surface area contributed by atoms with Crippen LogP contribution in [0.3, 0.4) is 0 Å². The van der Waals surface area contributed by atoms with Gasteiger partial charge in [-0.2, -0.15) is 0 Å². The zero-order chi connectivity index (χ0) is 17.7. The molecule has 2 rings (SSSR count). The van der Waals surface area contributed by atoms with Gasteiger partial charge in [-0.3, -0.25) is 9.78 Å². The summed E-state index contributed by atoms with van der Waals surface area (Å²) in [6.07, 6.45) is 3.19. The van der Waals surface area contributed by atoms with E-state index < -0.39 is 5.41 Å². The average Bonchev–Trinajstić information content (AvgIpc) is 2.61. The molecule has 0 radical (unpaired) electrons. The molecular formula is C18H21ClN2O3. The van der Waals surface area contributed by atoms with E-state index in [-0.39, 0.29) is 25.7 Å². The smallest absolute Gasteiger partial charge is 0.255 e. The number of amides is 1. The first-order valence-corrected chi connectivity index (χ1v) is 7.94. The minimum atomic E-state index is -0.744. The first kappa shape index (κ1) is 18.4. The van der Waals surface area contributed by atoms with Gasteiger partial charge in [0.1, 0.15) is 0 Å².